The Labute approximate surface area is 174 Å². The molecular formula is C27H56. The second kappa shape index (κ2) is 13.3. The van der Waals surface area contributed by atoms with Crippen molar-refractivity contribution in [1.29, 1.82) is 0 Å². The molecular weight excluding hydrogens is 324 g/mol. The molecule has 0 saturated heterocycles. The van der Waals surface area contributed by atoms with E-state index >= 15 is 0 Å². The summed E-state index contributed by atoms with van der Waals surface area (Å²) in [5.41, 5.74) is 1.07. The van der Waals surface area contributed by atoms with Crippen LogP contribution in [0.2, 0.25) is 0 Å². The molecule has 0 nitrogen and oxygen atoms in total. The van der Waals surface area contributed by atoms with Crippen LogP contribution in [-0.4, -0.2) is 0 Å². The van der Waals surface area contributed by atoms with Gasteiger partial charge >= 0.3 is 0 Å². The third-order valence-corrected chi connectivity index (χ3v) is 8.18. The molecule has 0 spiro atoms. The van der Waals surface area contributed by atoms with Crippen molar-refractivity contribution in [3.8, 4) is 0 Å². The molecule has 0 aromatic carbocycles. The molecule has 0 aliphatic rings. The van der Waals surface area contributed by atoms with Crippen molar-refractivity contribution >= 4 is 0 Å². The fourth-order valence-electron chi connectivity index (χ4n) is 4.40. The van der Waals surface area contributed by atoms with E-state index in [1.807, 2.05) is 0 Å². The molecule has 0 aromatic heterocycles. The van der Waals surface area contributed by atoms with Crippen molar-refractivity contribution in [1.82, 2.24) is 0 Å². The van der Waals surface area contributed by atoms with E-state index in [9.17, 15) is 0 Å². The van der Waals surface area contributed by atoms with E-state index < -0.39 is 0 Å². The van der Waals surface area contributed by atoms with Crippen LogP contribution in [0.3, 0.4) is 0 Å². The van der Waals surface area contributed by atoms with Gasteiger partial charge in [0.25, 0.3) is 0 Å². The average Bonchev–Trinajstić information content (AvgIpc) is 2.59. The Morgan fingerprint density at radius 3 is 1.85 bits per heavy atom. The maximum Gasteiger partial charge on any atom is -0.0329 e. The standard InChI is InChI=1S/C27H56/c1-11-25(6)27(9,10)20-15-13-14-18-23(4)24(5)21-22(3)17-16-19-26(7,8)12-2/h22-25H,11-21H2,1-10H3. The third kappa shape index (κ3) is 12.2. The summed E-state index contributed by atoms with van der Waals surface area (Å²) in [7, 11) is 0. The largest absolute Gasteiger partial charge is 0.0651 e. The van der Waals surface area contributed by atoms with Gasteiger partial charge in [0, 0.05) is 0 Å². The zero-order valence-corrected chi connectivity index (χ0v) is 21.1. The molecule has 0 bridgehead atoms. The van der Waals surface area contributed by atoms with Crippen molar-refractivity contribution in [3.05, 3.63) is 0 Å². The van der Waals surface area contributed by atoms with Crippen LogP contribution in [-0.2, 0) is 0 Å². The van der Waals surface area contributed by atoms with Gasteiger partial charge in [0.15, 0.2) is 0 Å². The molecule has 0 heteroatoms. The zero-order chi connectivity index (χ0) is 21.1. The van der Waals surface area contributed by atoms with Gasteiger partial charge in [0.1, 0.15) is 0 Å². The smallest absolute Gasteiger partial charge is 0.0329 e. The molecule has 0 aliphatic heterocycles. The Hall–Kier alpha value is 0. The molecule has 4 unspecified atom stereocenters. The summed E-state index contributed by atoms with van der Waals surface area (Å²) in [6.45, 7) is 24.4. The highest BCUT2D eigenvalue weighted by Gasteiger charge is 2.23. The first-order valence-electron chi connectivity index (χ1n) is 12.4. The van der Waals surface area contributed by atoms with Gasteiger partial charge in [0.2, 0.25) is 0 Å². The molecule has 0 rings (SSSR count). The summed E-state index contributed by atoms with van der Waals surface area (Å²) in [5, 5.41) is 0. The molecule has 0 radical (unpaired) electrons. The Morgan fingerprint density at radius 1 is 0.667 bits per heavy atom. The Kier molecular flexibility index (Phi) is 13.3. The number of rotatable bonds is 16. The van der Waals surface area contributed by atoms with Gasteiger partial charge in [-0.05, 0) is 53.8 Å². The highest BCUT2D eigenvalue weighted by atomic mass is 14.3. The maximum absolute atomic E-state index is 2.50. The van der Waals surface area contributed by atoms with Crippen LogP contribution in [0.1, 0.15) is 140 Å². The summed E-state index contributed by atoms with van der Waals surface area (Å²) in [5.74, 6) is 3.52. The molecule has 0 fully saturated rings. The zero-order valence-electron chi connectivity index (χ0n) is 21.1. The van der Waals surface area contributed by atoms with Crippen LogP contribution in [0.15, 0.2) is 0 Å². The fourth-order valence-corrected chi connectivity index (χ4v) is 4.40. The Balaban J connectivity index is 3.93. The second-order valence-corrected chi connectivity index (χ2v) is 11.6. The lowest BCUT2D eigenvalue weighted by Crippen LogP contribution is -2.20. The number of unbranched alkanes of at least 4 members (excludes halogenated alkanes) is 2. The van der Waals surface area contributed by atoms with E-state index in [0.29, 0.717) is 10.8 Å². The van der Waals surface area contributed by atoms with Crippen molar-refractivity contribution in [2.45, 2.75) is 140 Å². The van der Waals surface area contributed by atoms with Gasteiger partial charge in [-0.15, -0.1) is 0 Å². The monoisotopic (exact) mass is 380 g/mol. The van der Waals surface area contributed by atoms with Gasteiger partial charge < -0.3 is 0 Å². The second-order valence-electron chi connectivity index (χ2n) is 11.6. The molecule has 0 aromatic rings. The summed E-state index contributed by atoms with van der Waals surface area (Å²) < 4.78 is 0. The van der Waals surface area contributed by atoms with Crippen molar-refractivity contribution in [3.63, 3.8) is 0 Å². The lowest BCUT2D eigenvalue weighted by molar-refractivity contribution is 0.197. The van der Waals surface area contributed by atoms with Crippen LogP contribution < -0.4 is 0 Å². The lowest BCUT2D eigenvalue weighted by atomic mass is 9.74. The molecule has 0 amide bonds. The van der Waals surface area contributed by atoms with Crippen molar-refractivity contribution in [2.75, 3.05) is 0 Å². The topological polar surface area (TPSA) is 0 Å². The van der Waals surface area contributed by atoms with E-state index in [0.717, 1.165) is 23.7 Å². The third-order valence-electron chi connectivity index (χ3n) is 8.18. The molecule has 0 aliphatic carbocycles. The highest BCUT2D eigenvalue weighted by Crippen LogP contribution is 2.35. The predicted molar refractivity (Wildman–Crippen MR) is 126 cm³/mol. The first-order chi connectivity index (χ1) is 12.4. The predicted octanol–water partition coefficient (Wildman–Crippen LogP) is 9.91. The normalized spacial score (nSPS) is 17.6. The van der Waals surface area contributed by atoms with Crippen LogP contribution in [0, 0.1) is 34.5 Å². The summed E-state index contributed by atoms with van der Waals surface area (Å²) >= 11 is 0. The average molecular weight is 381 g/mol. The summed E-state index contributed by atoms with van der Waals surface area (Å²) in [4.78, 5) is 0. The molecule has 0 saturated carbocycles. The van der Waals surface area contributed by atoms with Crippen LogP contribution in [0.5, 0.6) is 0 Å². The van der Waals surface area contributed by atoms with Gasteiger partial charge in [-0.1, -0.05) is 121 Å². The minimum atomic E-state index is 0.523. The summed E-state index contributed by atoms with van der Waals surface area (Å²) in [6.07, 6.45) is 15.4. The maximum atomic E-state index is 2.50. The van der Waals surface area contributed by atoms with Gasteiger partial charge in [-0.3, -0.25) is 0 Å². The number of hydrogen-bond acceptors (Lipinski definition) is 0. The Morgan fingerprint density at radius 2 is 1.30 bits per heavy atom. The molecule has 27 heavy (non-hydrogen) atoms. The first-order valence-corrected chi connectivity index (χ1v) is 12.4. The molecule has 0 N–H and O–H groups in total. The van der Waals surface area contributed by atoms with Crippen molar-refractivity contribution in [2.24, 2.45) is 34.5 Å². The first kappa shape index (κ1) is 27.0. The van der Waals surface area contributed by atoms with Crippen LogP contribution in [0.25, 0.3) is 0 Å². The molecule has 0 heterocycles. The highest BCUT2D eigenvalue weighted by molar-refractivity contribution is 4.74. The van der Waals surface area contributed by atoms with E-state index in [4.69, 9.17) is 0 Å². The Bertz CT molecular complexity index is 351. The molecule has 4 atom stereocenters. The minimum Gasteiger partial charge on any atom is -0.0651 e. The quantitative estimate of drug-likeness (QED) is 0.234. The lowest BCUT2D eigenvalue weighted by Gasteiger charge is -2.31. The van der Waals surface area contributed by atoms with Gasteiger partial charge in [-0.25, -0.2) is 0 Å². The van der Waals surface area contributed by atoms with E-state index in [2.05, 4.69) is 69.2 Å². The summed E-state index contributed by atoms with van der Waals surface area (Å²) in [6, 6.07) is 0. The van der Waals surface area contributed by atoms with E-state index in [1.54, 1.807) is 0 Å². The van der Waals surface area contributed by atoms with E-state index in [-0.39, 0.29) is 0 Å². The molecule has 164 valence electrons. The SMILES string of the molecule is CCC(C)C(C)(C)CCCCCC(C)C(C)CC(C)CCCC(C)(C)CC. The number of hydrogen-bond donors (Lipinski definition) is 0. The fraction of sp³-hybridized carbons (Fsp3) is 1.00. The van der Waals surface area contributed by atoms with E-state index in [1.165, 1.54) is 70.6 Å². The van der Waals surface area contributed by atoms with Crippen molar-refractivity contribution < 1.29 is 0 Å². The van der Waals surface area contributed by atoms with Crippen LogP contribution >= 0.6 is 0 Å². The van der Waals surface area contributed by atoms with Gasteiger partial charge in [0.05, 0.1) is 0 Å². The minimum absolute atomic E-state index is 0.523. The van der Waals surface area contributed by atoms with Gasteiger partial charge in [-0.2, -0.15) is 0 Å². The van der Waals surface area contributed by atoms with Crippen LogP contribution in [0.4, 0.5) is 0 Å².